The van der Waals surface area contributed by atoms with Crippen molar-refractivity contribution in [2.75, 3.05) is 0 Å². The summed E-state index contributed by atoms with van der Waals surface area (Å²) in [5.74, 6) is 7.34. The van der Waals surface area contributed by atoms with Gasteiger partial charge in [-0.25, -0.2) is 0 Å². The third-order valence-corrected chi connectivity index (χ3v) is 12.9. The predicted molar refractivity (Wildman–Crippen MR) is 208 cm³/mol. The maximum atomic E-state index is 7.50. The van der Waals surface area contributed by atoms with Crippen molar-refractivity contribution in [3.8, 4) is 0 Å². The molecule has 2 nitrogen and oxygen atoms in total. The zero-order valence-electron chi connectivity index (χ0n) is 26.4. The van der Waals surface area contributed by atoms with Crippen LogP contribution in [0.2, 0.25) is 0 Å². The van der Waals surface area contributed by atoms with E-state index in [1.54, 1.807) is 0 Å². The van der Waals surface area contributed by atoms with Crippen LogP contribution in [0.4, 0.5) is 0 Å². The Labute approximate surface area is 322 Å². The van der Waals surface area contributed by atoms with Gasteiger partial charge in [-0.05, 0) is 71.7 Å². The maximum absolute atomic E-state index is 7.50. The fraction of sp³-hybridized carbons (Fsp3) is 0.132. The van der Waals surface area contributed by atoms with Crippen molar-refractivity contribution in [2.24, 2.45) is 0 Å². The SMILES string of the molecule is C=C(P(c1ccccc1)c1ccccc1)P(c1ccccc1)c1ccccc1.C[C]1[C](C)[C](C)[C](C)[C]1C.[C-]#[O+].[C-]#[O+].[I][Rh][I].[Ru+]. The Morgan fingerprint density at radius 2 is 0.630 bits per heavy atom. The predicted octanol–water partition coefficient (Wildman–Crippen LogP) is 10.4. The third kappa shape index (κ3) is 13.9. The number of benzene rings is 4. The van der Waals surface area contributed by atoms with Crippen molar-refractivity contribution in [3.05, 3.63) is 176 Å². The topological polar surface area (TPSA) is 39.8 Å². The van der Waals surface area contributed by atoms with Gasteiger partial charge in [0, 0.05) is 0 Å². The van der Waals surface area contributed by atoms with Gasteiger partial charge in [0.25, 0.3) is 0 Å². The second-order valence-corrected chi connectivity index (χ2v) is 27.1. The summed E-state index contributed by atoms with van der Waals surface area (Å²) >= 11 is 4.69. The minimum absolute atomic E-state index is 0. The van der Waals surface area contributed by atoms with Crippen LogP contribution in [0.5, 0.6) is 0 Å². The van der Waals surface area contributed by atoms with E-state index in [0.29, 0.717) is 0 Å². The van der Waals surface area contributed by atoms with Crippen molar-refractivity contribution in [3.63, 3.8) is 0 Å². The Morgan fingerprint density at radius 1 is 0.478 bits per heavy atom. The summed E-state index contributed by atoms with van der Waals surface area (Å²) in [6, 6.07) is 43.4. The van der Waals surface area contributed by atoms with Gasteiger partial charge in [-0.2, -0.15) is 0 Å². The van der Waals surface area contributed by atoms with Gasteiger partial charge in [0.1, 0.15) is 0 Å². The van der Waals surface area contributed by atoms with Crippen LogP contribution in [0.25, 0.3) is 0 Å². The monoisotopic (exact) mass is 1050 g/mol. The van der Waals surface area contributed by atoms with Gasteiger partial charge in [0.15, 0.2) is 0 Å². The Hall–Kier alpha value is -0.333. The van der Waals surface area contributed by atoms with Crippen LogP contribution in [-0.2, 0) is 38.9 Å². The first kappa shape index (κ1) is 45.7. The molecule has 241 valence electrons. The second kappa shape index (κ2) is 26.5. The average Bonchev–Trinajstić information content (AvgIpc) is 3.26. The fourth-order valence-electron chi connectivity index (χ4n) is 4.71. The van der Waals surface area contributed by atoms with E-state index < -0.39 is 15.8 Å². The van der Waals surface area contributed by atoms with E-state index in [1.807, 2.05) is 0 Å². The van der Waals surface area contributed by atoms with Crippen LogP contribution in [0, 0.1) is 42.9 Å². The van der Waals surface area contributed by atoms with E-state index >= 15 is 0 Å². The summed E-state index contributed by atoms with van der Waals surface area (Å²) in [6.45, 7) is 24.7. The summed E-state index contributed by atoms with van der Waals surface area (Å²) in [6.07, 6.45) is 0. The summed E-state index contributed by atoms with van der Waals surface area (Å²) < 4.78 is 15.0. The summed E-state index contributed by atoms with van der Waals surface area (Å²) in [7, 11) is -0.559. The zero-order valence-corrected chi connectivity index (χ0v) is 35.9. The zero-order chi connectivity index (χ0) is 33.8. The minimum atomic E-state index is -0.664. The molecule has 1 aliphatic rings. The number of hydrogen-bond donors (Lipinski definition) is 0. The summed E-state index contributed by atoms with van der Waals surface area (Å²) in [4.78, 5) is 0. The molecule has 1 fully saturated rings. The van der Waals surface area contributed by atoms with Gasteiger partial charge in [-0.3, -0.25) is 0 Å². The van der Waals surface area contributed by atoms with Crippen molar-refractivity contribution >= 4 is 76.6 Å². The van der Waals surface area contributed by atoms with E-state index in [9.17, 15) is 0 Å². The average molecular weight is 1050 g/mol. The first-order chi connectivity index (χ1) is 21.8. The molecular weight excluding hydrogens is 1010 g/mol. The van der Waals surface area contributed by atoms with E-state index in [0.717, 1.165) is 10.1 Å². The van der Waals surface area contributed by atoms with Gasteiger partial charge in [0.2, 0.25) is 0 Å². The fourth-order valence-corrected chi connectivity index (χ4v) is 10.6. The van der Waals surface area contributed by atoms with Crippen molar-refractivity contribution in [1.29, 1.82) is 0 Å². The first-order valence-corrected chi connectivity index (χ1v) is 26.2. The van der Waals surface area contributed by atoms with Crippen LogP contribution in [-0.4, -0.2) is 0 Å². The molecule has 6 radical (unpaired) electrons. The molecule has 4 aromatic rings. The second-order valence-electron chi connectivity index (χ2n) is 9.60. The molecule has 0 bridgehead atoms. The number of halogens is 2. The quantitative estimate of drug-likeness (QED) is 0.0607. The smallest absolute Gasteiger partial charge is 1.00 e. The standard InChI is InChI=1S/C26H22P2.C10H15.2CO.2HI.Rh.Ru/c1-22(27(23-14-6-2-7-15-23)24-16-8-3-9-17-24)28(25-18-10-4-11-19-25)26-20-12-5-13-21-26;1-6-7(2)9(4)10(5)8(6)3;2*1-2;;;;/h2-21H,1H2;1-5H3;;;2*1H;;/q;;;;;;+2;+1/p-2. The van der Waals surface area contributed by atoms with E-state index in [1.165, 1.54) is 55.9 Å². The molecule has 0 aliphatic heterocycles. The normalized spacial score (nSPS) is 13.4. The van der Waals surface area contributed by atoms with Gasteiger partial charge in [0.05, 0.1) is 0 Å². The van der Waals surface area contributed by atoms with Crippen LogP contribution >= 0.6 is 55.3 Å². The van der Waals surface area contributed by atoms with E-state index in [4.69, 9.17) is 15.9 Å². The molecule has 0 atom stereocenters. The maximum Gasteiger partial charge on any atom is 1.00 e. The number of rotatable bonds is 6. The summed E-state index contributed by atoms with van der Waals surface area (Å²) in [5.41, 5.74) is 0. The molecule has 0 saturated heterocycles. The Morgan fingerprint density at radius 3 is 0.783 bits per heavy atom. The molecule has 5 rings (SSSR count). The van der Waals surface area contributed by atoms with Gasteiger partial charge in [-0.1, -0.05) is 163 Å². The Balaban J connectivity index is 0.000000941. The summed E-state index contributed by atoms with van der Waals surface area (Å²) in [5, 5.41) is 6.74. The third-order valence-electron chi connectivity index (χ3n) is 7.39. The van der Waals surface area contributed by atoms with Crippen molar-refractivity contribution < 1.29 is 38.9 Å². The molecule has 46 heavy (non-hydrogen) atoms. The first-order valence-electron chi connectivity index (χ1n) is 13.7. The van der Waals surface area contributed by atoms with Gasteiger partial charge < -0.3 is 0 Å². The van der Waals surface area contributed by atoms with Gasteiger partial charge in [-0.15, -0.1) is 0 Å². The molecule has 0 unspecified atom stereocenters. The minimum Gasteiger partial charge on any atom is 1.00 e. The molecular formula is C38H37I2O2P2RhRu+. The molecule has 0 heterocycles. The Bertz CT molecular complexity index is 1180. The molecule has 1 aliphatic carbocycles. The Kier molecular flexibility index (Phi) is 26.3. The van der Waals surface area contributed by atoms with Crippen LogP contribution in [0.15, 0.2) is 133 Å². The number of hydrogen-bond acceptors (Lipinski definition) is 0. The van der Waals surface area contributed by atoms with Crippen LogP contribution < -0.4 is 21.2 Å². The largest absolute Gasteiger partial charge is 1.00 e. The molecule has 0 N–H and O–H groups in total. The molecule has 0 spiro atoms. The molecule has 0 amide bonds. The van der Waals surface area contributed by atoms with Crippen LogP contribution in [0.3, 0.4) is 0 Å². The molecule has 4 aromatic carbocycles. The van der Waals surface area contributed by atoms with Gasteiger partial charge >= 0.3 is 91.7 Å². The van der Waals surface area contributed by atoms with E-state index in [-0.39, 0.29) is 19.5 Å². The molecule has 0 aromatic heterocycles. The van der Waals surface area contributed by atoms with Crippen molar-refractivity contribution in [1.82, 2.24) is 0 Å². The van der Waals surface area contributed by atoms with E-state index in [2.05, 4.69) is 209 Å². The van der Waals surface area contributed by atoms with Crippen LogP contribution in [0.1, 0.15) is 34.6 Å². The molecule has 1 saturated carbocycles. The molecule has 8 heteroatoms. The van der Waals surface area contributed by atoms with Crippen molar-refractivity contribution in [2.45, 2.75) is 34.6 Å².